The first kappa shape index (κ1) is 18.3. The lowest BCUT2D eigenvalue weighted by Crippen LogP contribution is -2.08. The molecule has 2 heteroatoms. The highest BCUT2D eigenvalue weighted by molar-refractivity contribution is 6.36. The highest BCUT2D eigenvalue weighted by Crippen LogP contribution is 2.39. The largest absolute Gasteiger partial charge is 0.387 e. The van der Waals surface area contributed by atoms with Crippen LogP contribution in [0, 0.1) is 6.92 Å². The van der Waals surface area contributed by atoms with Crippen LogP contribution in [0.15, 0.2) is 85.6 Å². The second kappa shape index (κ2) is 7.92. The summed E-state index contributed by atoms with van der Waals surface area (Å²) < 4.78 is 0. The molecule has 1 heterocycles. The summed E-state index contributed by atoms with van der Waals surface area (Å²) in [5.74, 6) is 0. The standard InChI is InChI=1S/C26H22ClN/c1-3-19-10-12-20(13-11-19)24-8-5-9-25(26(24)27)23-7-4-6-22(18(23)2)21-14-16-28-17-15-21/h3-16,28H,1,17H2,2H3. The Bertz CT molecular complexity index is 1090. The van der Waals surface area contributed by atoms with E-state index >= 15 is 0 Å². The lowest BCUT2D eigenvalue weighted by Gasteiger charge is -2.17. The molecule has 0 aliphatic carbocycles. The van der Waals surface area contributed by atoms with Crippen LogP contribution in [0.4, 0.5) is 0 Å². The molecule has 0 radical (unpaired) electrons. The number of allylic oxidation sites excluding steroid dienone is 2. The maximum absolute atomic E-state index is 6.90. The summed E-state index contributed by atoms with van der Waals surface area (Å²) in [4.78, 5) is 0. The molecular weight excluding hydrogens is 362 g/mol. The zero-order valence-electron chi connectivity index (χ0n) is 15.9. The quantitative estimate of drug-likeness (QED) is 0.505. The molecule has 0 saturated heterocycles. The van der Waals surface area contributed by atoms with Crippen molar-refractivity contribution >= 4 is 23.3 Å². The zero-order chi connectivity index (χ0) is 19.5. The number of nitrogens with one attached hydrogen (secondary N) is 1. The Morgan fingerprint density at radius 3 is 2.25 bits per heavy atom. The fourth-order valence-electron chi connectivity index (χ4n) is 3.66. The van der Waals surface area contributed by atoms with Crippen LogP contribution >= 0.6 is 11.6 Å². The van der Waals surface area contributed by atoms with Gasteiger partial charge in [0.15, 0.2) is 0 Å². The summed E-state index contributed by atoms with van der Waals surface area (Å²) >= 11 is 6.90. The molecular formula is C26H22ClN. The highest BCUT2D eigenvalue weighted by Gasteiger charge is 2.14. The molecule has 1 aliphatic rings. The van der Waals surface area contributed by atoms with Crippen molar-refractivity contribution in [3.05, 3.63) is 107 Å². The fourth-order valence-corrected chi connectivity index (χ4v) is 3.99. The average molecular weight is 384 g/mol. The molecule has 0 saturated carbocycles. The molecule has 1 nitrogen and oxygen atoms in total. The molecule has 1 aliphatic heterocycles. The summed E-state index contributed by atoms with van der Waals surface area (Å²) in [7, 11) is 0. The van der Waals surface area contributed by atoms with Gasteiger partial charge in [-0.25, -0.2) is 0 Å². The summed E-state index contributed by atoms with van der Waals surface area (Å²) in [6.45, 7) is 6.85. The lowest BCUT2D eigenvalue weighted by atomic mass is 9.90. The minimum absolute atomic E-state index is 0.781. The normalized spacial score (nSPS) is 13.0. The van der Waals surface area contributed by atoms with E-state index in [1.54, 1.807) is 0 Å². The number of dihydropyridines is 1. The smallest absolute Gasteiger partial charge is 0.0562 e. The number of hydrogen-bond donors (Lipinski definition) is 1. The first-order chi connectivity index (χ1) is 13.7. The van der Waals surface area contributed by atoms with Gasteiger partial charge < -0.3 is 5.32 Å². The van der Waals surface area contributed by atoms with Crippen LogP contribution in [-0.2, 0) is 0 Å². The van der Waals surface area contributed by atoms with E-state index in [-0.39, 0.29) is 0 Å². The maximum atomic E-state index is 6.90. The van der Waals surface area contributed by atoms with Crippen molar-refractivity contribution in [3.8, 4) is 22.3 Å². The second-order valence-electron chi connectivity index (χ2n) is 6.87. The van der Waals surface area contributed by atoms with E-state index in [4.69, 9.17) is 11.6 Å². The van der Waals surface area contributed by atoms with Crippen LogP contribution in [-0.4, -0.2) is 6.54 Å². The monoisotopic (exact) mass is 383 g/mol. The molecule has 3 aromatic rings. The third-order valence-electron chi connectivity index (χ3n) is 5.21. The van der Waals surface area contributed by atoms with E-state index in [0.717, 1.165) is 33.8 Å². The first-order valence-electron chi connectivity index (χ1n) is 9.41. The van der Waals surface area contributed by atoms with Crippen molar-refractivity contribution in [1.82, 2.24) is 5.32 Å². The summed E-state index contributed by atoms with van der Waals surface area (Å²) in [5.41, 5.74) is 9.20. The van der Waals surface area contributed by atoms with E-state index in [9.17, 15) is 0 Å². The van der Waals surface area contributed by atoms with Crippen LogP contribution < -0.4 is 5.32 Å². The van der Waals surface area contributed by atoms with Gasteiger partial charge in [0.05, 0.1) is 5.02 Å². The van der Waals surface area contributed by atoms with Crippen LogP contribution in [0.5, 0.6) is 0 Å². The predicted molar refractivity (Wildman–Crippen MR) is 122 cm³/mol. The van der Waals surface area contributed by atoms with Gasteiger partial charge in [-0.05, 0) is 52.6 Å². The molecule has 0 unspecified atom stereocenters. The Kier molecular flexibility index (Phi) is 5.18. The molecule has 28 heavy (non-hydrogen) atoms. The second-order valence-corrected chi connectivity index (χ2v) is 7.25. The number of hydrogen-bond acceptors (Lipinski definition) is 1. The van der Waals surface area contributed by atoms with Gasteiger partial charge in [-0.1, -0.05) is 91.0 Å². The molecule has 0 spiro atoms. The third-order valence-corrected chi connectivity index (χ3v) is 5.62. The Labute approximate surface area is 171 Å². The minimum atomic E-state index is 0.781. The Morgan fingerprint density at radius 2 is 1.57 bits per heavy atom. The molecule has 0 bridgehead atoms. The topological polar surface area (TPSA) is 12.0 Å². The van der Waals surface area contributed by atoms with Gasteiger partial charge in [-0.15, -0.1) is 0 Å². The van der Waals surface area contributed by atoms with Gasteiger partial charge in [0.2, 0.25) is 0 Å². The van der Waals surface area contributed by atoms with E-state index in [1.165, 1.54) is 22.3 Å². The molecule has 4 rings (SSSR count). The van der Waals surface area contributed by atoms with Crippen molar-refractivity contribution in [2.45, 2.75) is 6.92 Å². The number of rotatable bonds is 4. The summed E-state index contributed by atoms with van der Waals surface area (Å²) in [6, 6.07) is 21.0. The molecule has 1 N–H and O–H groups in total. The molecule has 0 amide bonds. The molecule has 0 aromatic heterocycles. The van der Waals surface area contributed by atoms with Crippen molar-refractivity contribution in [2.75, 3.05) is 6.54 Å². The average Bonchev–Trinajstić information content (AvgIpc) is 2.75. The van der Waals surface area contributed by atoms with Gasteiger partial charge in [0.25, 0.3) is 0 Å². The van der Waals surface area contributed by atoms with Crippen LogP contribution in [0.25, 0.3) is 33.9 Å². The van der Waals surface area contributed by atoms with Crippen molar-refractivity contribution in [3.63, 3.8) is 0 Å². The Balaban J connectivity index is 1.81. The first-order valence-corrected chi connectivity index (χ1v) is 9.78. The molecule has 0 fully saturated rings. The number of benzene rings is 3. The van der Waals surface area contributed by atoms with Crippen molar-refractivity contribution in [2.24, 2.45) is 0 Å². The van der Waals surface area contributed by atoms with Gasteiger partial charge in [0, 0.05) is 17.7 Å². The Hall–Kier alpha value is -3.03. The fraction of sp³-hybridized carbons (Fsp3) is 0.0769. The zero-order valence-corrected chi connectivity index (χ0v) is 16.6. The minimum Gasteiger partial charge on any atom is -0.387 e. The van der Waals surface area contributed by atoms with Gasteiger partial charge in [0.1, 0.15) is 0 Å². The van der Waals surface area contributed by atoms with E-state index in [2.05, 4.69) is 91.6 Å². The van der Waals surface area contributed by atoms with Crippen molar-refractivity contribution in [1.29, 1.82) is 0 Å². The van der Waals surface area contributed by atoms with E-state index < -0.39 is 0 Å². The number of halogens is 1. The molecule has 3 aromatic carbocycles. The van der Waals surface area contributed by atoms with Crippen molar-refractivity contribution < 1.29 is 0 Å². The third kappa shape index (κ3) is 3.42. The maximum Gasteiger partial charge on any atom is 0.0562 e. The van der Waals surface area contributed by atoms with E-state index in [0.29, 0.717) is 0 Å². The lowest BCUT2D eigenvalue weighted by molar-refractivity contribution is 0.975. The van der Waals surface area contributed by atoms with Gasteiger partial charge in [-0.3, -0.25) is 0 Å². The van der Waals surface area contributed by atoms with Gasteiger partial charge in [-0.2, -0.15) is 0 Å². The summed E-state index contributed by atoms with van der Waals surface area (Å²) in [6.07, 6.45) is 8.18. The van der Waals surface area contributed by atoms with E-state index in [1.807, 2.05) is 12.3 Å². The van der Waals surface area contributed by atoms with Crippen LogP contribution in [0.2, 0.25) is 5.02 Å². The SMILES string of the molecule is C=Cc1ccc(-c2cccc(-c3cccc(C4=CCNC=C4)c3C)c2Cl)cc1. The van der Waals surface area contributed by atoms with Crippen LogP contribution in [0.3, 0.4) is 0 Å². The molecule has 138 valence electrons. The molecule has 0 atom stereocenters. The predicted octanol–water partition coefficient (Wildman–Crippen LogP) is 7.13. The van der Waals surface area contributed by atoms with Crippen LogP contribution in [0.1, 0.15) is 16.7 Å². The highest BCUT2D eigenvalue weighted by atomic mass is 35.5. The Morgan fingerprint density at radius 1 is 0.893 bits per heavy atom. The van der Waals surface area contributed by atoms with Gasteiger partial charge >= 0.3 is 0 Å². The summed E-state index contributed by atoms with van der Waals surface area (Å²) in [5, 5.41) is 3.99.